The molecule has 1 saturated heterocycles. The minimum atomic E-state index is -0.00971. The van der Waals surface area contributed by atoms with Gasteiger partial charge < -0.3 is 10.1 Å². The number of carbonyl (C=O) groups excluding carboxylic acids is 1. The third-order valence-corrected chi connectivity index (χ3v) is 5.29. The second kappa shape index (κ2) is 11.7. The zero-order valence-electron chi connectivity index (χ0n) is 18.0. The van der Waals surface area contributed by atoms with E-state index < -0.39 is 0 Å². The van der Waals surface area contributed by atoms with Crippen LogP contribution in [0.1, 0.15) is 63.7 Å². The maximum absolute atomic E-state index is 12.4. The number of likely N-dealkylation sites (tertiary alicyclic amines) is 1. The Hall–Kier alpha value is -2.07. The first-order valence-electron chi connectivity index (χ1n) is 10.5. The van der Waals surface area contributed by atoms with E-state index in [9.17, 15) is 4.79 Å². The number of rotatable bonds is 10. The van der Waals surface area contributed by atoms with E-state index in [1.807, 2.05) is 24.3 Å². The maximum atomic E-state index is 12.4. The number of hydrogen-bond acceptors (Lipinski definition) is 3. The molecule has 0 radical (unpaired) electrons. The van der Waals surface area contributed by atoms with Crippen LogP contribution >= 0.6 is 0 Å². The van der Waals surface area contributed by atoms with Crippen LogP contribution in [-0.4, -0.2) is 43.1 Å². The first-order chi connectivity index (χ1) is 13.5. The quantitative estimate of drug-likeness (QED) is 0.579. The van der Waals surface area contributed by atoms with Crippen LogP contribution in [-0.2, 0) is 0 Å². The Kier molecular flexibility index (Phi) is 9.29. The average Bonchev–Trinajstić information content (AvgIpc) is 3.14. The fourth-order valence-electron chi connectivity index (χ4n) is 3.53. The molecule has 0 aromatic heterocycles. The fourth-order valence-corrected chi connectivity index (χ4v) is 3.53. The van der Waals surface area contributed by atoms with Crippen molar-refractivity contribution in [3.63, 3.8) is 0 Å². The smallest absolute Gasteiger partial charge is 0.251 e. The molecule has 0 saturated carbocycles. The molecule has 4 heteroatoms. The maximum Gasteiger partial charge on any atom is 0.251 e. The lowest BCUT2D eigenvalue weighted by atomic mass is 10.1. The van der Waals surface area contributed by atoms with Crippen LogP contribution in [0, 0.1) is 0 Å². The summed E-state index contributed by atoms with van der Waals surface area (Å²) in [6, 6.07) is 7.89. The van der Waals surface area contributed by atoms with Crippen LogP contribution < -0.4 is 10.1 Å². The summed E-state index contributed by atoms with van der Waals surface area (Å²) in [5.74, 6) is 0.780. The number of allylic oxidation sites excluding steroid dienone is 3. The second-order valence-electron chi connectivity index (χ2n) is 7.84. The third kappa shape index (κ3) is 7.51. The number of likely N-dealkylation sites (N-methyl/N-ethyl adjacent to an activating group) is 1. The molecule has 28 heavy (non-hydrogen) atoms. The highest BCUT2D eigenvalue weighted by Crippen LogP contribution is 2.16. The molecule has 4 nitrogen and oxygen atoms in total. The summed E-state index contributed by atoms with van der Waals surface area (Å²) in [6.07, 6.45) is 8.91. The highest BCUT2D eigenvalue weighted by molar-refractivity contribution is 5.94. The van der Waals surface area contributed by atoms with Gasteiger partial charge in [0, 0.05) is 18.2 Å². The molecule has 0 aliphatic carbocycles. The molecule has 0 bridgehead atoms. The van der Waals surface area contributed by atoms with Crippen LogP contribution in [0.2, 0.25) is 0 Å². The zero-order chi connectivity index (χ0) is 20.4. The number of nitrogens with one attached hydrogen (secondary N) is 1. The summed E-state index contributed by atoms with van der Waals surface area (Å²) in [7, 11) is 0. The lowest BCUT2D eigenvalue weighted by Gasteiger charge is -2.22. The molecule has 1 amide bonds. The Morgan fingerprint density at radius 1 is 1.21 bits per heavy atom. The van der Waals surface area contributed by atoms with Crippen molar-refractivity contribution in [1.29, 1.82) is 0 Å². The van der Waals surface area contributed by atoms with Crippen molar-refractivity contribution in [2.24, 2.45) is 0 Å². The molecule has 154 valence electrons. The number of nitrogens with zero attached hydrogens (tertiary/aromatic N) is 1. The van der Waals surface area contributed by atoms with E-state index in [4.69, 9.17) is 4.74 Å². The van der Waals surface area contributed by atoms with Gasteiger partial charge >= 0.3 is 0 Å². The first-order valence-corrected chi connectivity index (χ1v) is 10.5. The van der Waals surface area contributed by atoms with Crippen LogP contribution in [0.25, 0.3) is 0 Å². The molecule has 1 aromatic rings. The fraction of sp³-hybridized carbons (Fsp3) is 0.542. The summed E-state index contributed by atoms with van der Waals surface area (Å²) in [4.78, 5) is 14.8. The van der Waals surface area contributed by atoms with E-state index in [0.717, 1.165) is 38.2 Å². The van der Waals surface area contributed by atoms with Crippen molar-refractivity contribution < 1.29 is 9.53 Å². The molecule has 1 fully saturated rings. The monoisotopic (exact) mass is 384 g/mol. The van der Waals surface area contributed by atoms with Gasteiger partial charge in [-0.15, -0.1) is 0 Å². The van der Waals surface area contributed by atoms with E-state index in [-0.39, 0.29) is 5.91 Å². The number of hydrogen-bond donors (Lipinski definition) is 1. The minimum Gasteiger partial charge on any atom is -0.490 e. The summed E-state index contributed by atoms with van der Waals surface area (Å²) in [5, 5.41) is 3.07. The predicted octanol–water partition coefficient (Wildman–Crippen LogP) is 4.97. The van der Waals surface area contributed by atoms with Gasteiger partial charge in [0.05, 0.1) is 0 Å². The Morgan fingerprint density at radius 3 is 2.64 bits per heavy atom. The third-order valence-electron chi connectivity index (χ3n) is 5.29. The molecule has 0 spiro atoms. The Labute approximate surface area is 170 Å². The van der Waals surface area contributed by atoms with Gasteiger partial charge in [-0.2, -0.15) is 0 Å². The van der Waals surface area contributed by atoms with Crippen molar-refractivity contribution in [1.82, 2.24) is 10.2 Å². The summed E-state index contributed by atoms with van der Waals surface area (Å²) in [5.41, 5.74) is 3.38. The molecule has 1 aromatic carbocycles. The highest BCUT2D eigenvalue weighted by Gasteiger charge is 2.23. The van der Waals surface area contributed by atoms with Gasteiger partial charge in [0.15, 0.2) is 0 Å². The molecule has 1 heterocycles. The van der Waals surface area contributed by atoms with Crippen LogP contribution in [0.15, 0.2) is 47.6 Å². The predicted molar refractivity (Wildman–Crippen MR) is 117 cm³/mol. The van der Waals surface area contributed by atoms with Crippen molar-refractivity contribution in [3.05, 3.63) is 53.1 Å². The van der Waals surface area contributed by atoms with Crippen molar-refractivity contribution in [2.75, 3.05) is 26.2 Å². The molecule has 1 aliphatic rings. The Bertz CT molecular complexity index is 672. The van der Waals surface area contributed by atoms with Gasteiger partial charge in [-0.3, -0.25) is 9.69 Å². The van der Waals surface area contributed by atoms with Crippen molar-refractivity contribution in [3.8, 4) is 5.75 Å². The van der Waals surface area contributed by atoms with Crippen molar-refractivity contribution >= 4 is 5.91 Å². The van der Waals surface area contributed by atoms with Gasteiger partial charge in [-0.1, -0.05) is 24.1 Å². The van der Waals surface area contributed by atoms with Gasteiger partial charge in [-0.25, -0.2) is 0 Å². The van der Waals surface area contributed by atoms with E-state index in [2.05, 4.69) is 50.1 Å². The molecule has 1 N–H and O–H groups in total. The topological polar surface area (TPSA) is 41.6 Å². The van der Waals surface area contributed by atoms with Crippen molar-refractivity contribution in [2.45, 2.75) is 59.4 Å². The molecule has 1 atom stereocenters. The summed E-state index contributed by atoms with van der Waals surface area (Å²) < 4.78 is 5.78. The largest absolute Gasteiger partial charge is 0.490 e. The molecule has 1 unspecified atom stereocenters. The van der Waals surface area contributed by atoms with Crippen LogP contribution in [0.3, 0.4) is 0 Å². The Morgan fingerprint density at radius 2 is 1.96 bits per heavy atom. The standard InChI is InChI=1S/C24H36N2O2/c1-5-26-16-7-10-22(26)18-25-24(27)21-11-13-23(14-12-21)28-17-15-20(4)9-6-8-19(2)3/h8,11-15,22H,5-7,9-10,16-18H2,1-4H3,(H,25,27)/b20-15-. The van der Waals surface area contributed by atoms with E-state index in [1.165, 1.54) is 24.0 Å². The second-order valence-corrected chi connectivity index (χ2v) is 7.84. The van der Waals surface area contributed by atoms with Gasteiger partial charge in [-0.05, 0) is 89.9 Å². The lowest BCUT2D eigenvalue weighted by Crippen LogP contribution is -2.40. The molecular weight excluding hydrogens is 348 g/mol. The highest BCUT2D eigenvalue weighted by atomic mass is 16.5. The van der Waals surface area contributed by atoms with E-state index >= 15 is 0 Å². The van der Waals surface area contributed by atoms with E-state index in [1.54, 1.807) is 0 Å². The Balaban J connectivity index is 1.74. The number of ether oxygens (including phenoxy) is 1. The number of carbonyl (C=O) groups is 1. The van der Waals surface area contributed by atoms with Gasteiger partial charge in [0.1, 0.15) is 12.4 Å². The SMILES string of the molecule is CCN1CCCC1CNC(=O)c1ccc(OC/C=C(/C)CCC=C(C)C)cc1. The summed E-state index contributed by atoms with van der Waals surface area (Å²) >= 11 is 0. The van der Waals surface area contributed by atoms with Crippen LogP contribution in [0.5, 0.6) is 5.75 Å². The number of amides is 1. The van der Waals surface area contributed by atoms with E-state index in [0.29, 0.717) is 18.2 Å². The van der Waals surface area contributed by atoms with Gasteiger partial charge in [0.25, 0.3) is 5.91 Å². The first kappa shape index (κ1) is 22.2. The lowest BCUT2D eigenvalue weighted by molar-refractivity contribution is 0.0941. The minimum absolute atomic E-state index is 0.00971. The van der Waals surface area contributed by atoms with Gasteiger partial charge in [0.2, 0.25) is 0 Å². The number of benzene rings is 1. The normalized spacial score (nSPS) is 17.4. The molecular formula is C24H36N2O2. The molecule has 2 rings (SSSR count). The molecule has 1 aliphatic heterocycles. The van der Waals surface area contributed by atoms with Crippen LogP contribution in [0.4, 0.5) is 0 Å². The zero-order valence-corrected chi connectivity index (χ0v) is 18.0. The average molecular weight is 385 g/mol. The summed E-state index contributed by atoms with van der Waals surface area (Å²) in [6.45, 7) is 12.0.